The monoisotopic (exact) mass is 330 g/mol. The van der Waals surface area contributed by atoms with Gasteiger partial charge < -0.3 is 10.6 Å². The minimum Gasteiger partial charge on any atom is -0.396 e. The lowest BCUT2D eigenvalue weighted by Gasteiger charge is -2.31. The molecule has 3 aromatic rings. The SMILES string of the molecule is Cc1nc2sccn2c1C(=O)N1CCC(c2[nH]ncc2N)CC1. The number of nitrogen functional groups attached to an aromatic ring is 1. The van der Waals surface area contributed by atoms with Crippen molar-refractivity contribution in [3.8, 4) is 0 Å². The van der Waals surface area contributed by atoms with E-state index in [2.05, 4.69) is 15.2 Å². The summed E-state index contributed by atoms with van der Waals surface area (Å²) in [6.07, 6.45) is 5.34. The van der Waals surface area contributed by atoms with Crippen molar-refractivity contribution in [2.45, 2.75) is 25.7 Å². The molecule has 1 aliphatic rings. The molecule has 0 spiro atoms. The van der Waals surface area contributed by atoms with Gasteiger partial charge in [0.2, 0.25) is 0 Å². The van der Waals surface area contributed by atoms with Gasteiger partial charge in [-0.1, -0.05) is 0 Å². The van der Waals surface area contributed by atoms with Crippen molar-refractivity contribution >= 4 is 27.9 Å². The molecule has 0 aliphatic carbocycles. The number of imidazole rings is 1. The summed E-state index contributed by atoms with van der Waals surface area (Å²) < 4.78 is 1.89. The lowest BCUT2D eigenvalue weighted by atomic mass is 9.92. The average Bonchev–Trinajstić information content (AvgIpc) is 3.23. The minimum atomic E-state index is 0.0597. The number of carbonyl (C=O) groups excluding carboxylic acids is 1. The number of rotatable bonds is 2. The molecule has 1 fully saturated rings. The van der Waals surface area contributed by atoms with Crippen molar-refractivity contribution in [3.63, 3.8) is 0 Å². The zero-order valence-electron chi connectivity index (χ0n) is 12.8. The maximum Gasteiger partial charge on any atom is 0.272 e. The second kappa shape index (κ2) is 5.38. The zero-order valence-corrected chi connectivity index (χ0v) is 13.6. The third kappa shape index (κ3) is 2.29. The molecule has 23 heavy (non-hydrogen) atoms. The number of aromatic nitrogens is 4. The molecule has 0 aromatic carbocycles. The summed E-state index contributed by atoms with van der Waals surface area (Å²) in [7, 11) is 0. The summed E-state index contributed by atoms with van der Waals surface area (Å²) in [6, 6.07) is 0. The van der Waals surface area contributed by atoms with Crippen LogP contribution in [0.1, 0.15) is 40.6 Å². The number of nitrogens with one attached hydrogen (secondary N) is 1. The number of hydrogen-bond donors (Lipinski definition) is 2. The number of anilines is 1. The van der Waals surface area contributed by atoms with E-state index >= 15 is 0 Å². The van der Waals surface area contributed by atoms with Gasteiger partial charge in [-0.2, -0.15) is 5.10 Å². The van der Waals surface area contributed by atoms with Crippen LogP contribution in [0.15, 0.2) is 17.8 Å². The fourth-order valence-corrected chi connectivity index (χ4v) is 4.06. The highest BCUT2D eigenvalue weighted by Gasteiger charge is 2.29. The first-order chi connectivity index (χ1) is 11.1. The third-order valence-electron chi connectivity index (χ3n) is 4.53. The Bertz CT molecular complexity index is 854. The number of carbonyl (C=O) groups is 1. The van der Waals surface area contributed by atoms with Crippen molar-refractivity contribution in [2.75, 3.05) is 18.8 Å². The van der Waals surface area contributed by atoms with Crippen LogP contribution < -0.4 is 5.73 Å². The van der Waals surface area contributed by atoms with Crippen LogP contribution in [0.4, 0.5) is 5.69 Å². The number of aryl methyl sites for hydroxylation is 1. The smallest absolute Gasteiger partial charge is 0.272 e. The second-order valence-electron chi connectivity index (χ2n) is 5.91. The van der Waals surface area contributed by atoms with Crippen molar-refractivity contribution < 1.29 is 4.79 Å². The highest BCUT2D eigenvalue weighted by atomic mass is 32.1. The topological polar surface area (TPSA) is 92.3 Å². The number of thiazole rings is 1. The number of fused-ring (bicyclic) bond motifs is 1. The molecular weight excluding hydrogens is 312 g/mol. The highest BCUT2D eigenvalue weighted by molar-refractivity contribution is 7.15. The molecule has 1 amide bonds. The van der Waals surface area contributed by atoms with Gasteiger partial charge in [-0.15, -0.1) is 11.3 Å². The molecule has 4 heterocycles. The number of H-pyrrole nitrogens is 1. The van der Waals surface area contributed by atoms with Gasteiger partial charge in [0.25, 0.3) is 5.91 Å². The van der Waals surface area contributed by atoms with E-state index in [9.17, 15) is 4.79 Å². The third-order valence-corrected chi connectivity index (χ3v) is 5.29. The summed E-state index contributed by atoms with van der Waals surface area (Å²) >= 11 is 1.54. The Morgan fingerprint density at radius 1 is 1.43 bits per heavy atom. The van der Waals surface area contributed by atoms with Crippen LogP contribution in [-0.2, 0) is 0 Å². The van der Waals surface area contributed by atoms with E-state index in [0.717, 1.165) is 42.3 Å². The molecule has 4 rings (SSSR count). The molecular formula is C15H18N6OS. The van der Waals surface area contributed by atoms with Gasteiger partial charge in [0.1, 0.15) is 5.69 Å². The summed E-state index contributed by atoms with van der Waals surface area (Å²) in [4.78, 5) is 20.1. The molecule has 0 unspecified atom stereocenters. The van der Waals surface area contributed by atoms with Gasteiger partial charge in [0.15, 0.2) is 4.96 Å². The second-order valence-corrected chi connectivity index (χ2v) is 6.78. The van der Waals surface area contributed by atoms with E-state index in [0.29, 0.717) is 17.3 Å². The van der Waals surface area contributed by atoms with E-state index in [-0.39, 0.29) is 5.91 Å². The normalized spacial score (nSPS) is 16.3. The molecule has 3 N–H and O–H groups in total. The molecule has 3 aromatic heterocycles. The van der Waals surface area contributed by atoms with E-state index in [1.165, 1.54) is 0 Å². The van der Waals surface area contributed by atoms with Crippen LogP contribution in [0.2, 0.25) is 0 Å². The Balaban J connectivity index is 1.52. The van der Waals surface area contributed by atoms with Gasteiger partial charge >= 0.3 is 0 Å². The van der Waals surface area contributed by atoms with Crippen molar-refractivity contribution in [3.05, 3.63) is 34.9 Å². The zero-order chi connectivity index (χ0) is 16.0. The van der Waals surface area contributed by atoms with Crippen LogP contribution in [0.5, 0.6) is 0 Å². The Hall–Kier alpha value is -2.35. The van der Waals surface area contributed by atoms with Crippen LogP contribution in [0.3, 0.4) is 0 Å². The molecule has 8 heteroatoms. The number of likely N-dealkylation sites (tertiary alicyclic amines) is 1. The number of hydrogen-bond acceptors (Lipinski definition) is 5. The minimum absolute atomic E-state index is 0.0597. The van der Waals surface area contributed by atoms with Crippen LogP contribution >= 0.6 is 11.3 Å². The molecule has 120 valence electrons. The van der Waals surface area contributed by atoms with Crippen molar-refractivity contribution in [1.29, 1.82) is 0 Å². The van der Waals surface area contributed by atoms with Gasteiger partial charge in [-0.05, 0) is 19.8 Å². The lowest BCUT2D eigenvalue weighted by molar-refractivity contribution is 0.0704. The van der Waals surface area contributed by atoms with E-state index in [1.54, 1.807) is 17.5 Å². The Labute approximate surface area is 137 Å². The van der Waals surface area contributed by atoms with Gasteiger partial charge in [-0.3, -0.25) is 14.3 Å². The molecule has 0 atom stereocenters. The fraction of sp³-hybridized carbons (Fsp3) is 0.400. The Kier molecular flexibility index (Phi) is 3.33. The average molecular weight is 330 g/mol. The largest absolute Gasteiger partial charge is 0.396 e. The maximum atomic E-state index is 12.9. The number of nitrogens with zero attached hydrogens (tertiary/aromatic N) is 4. The van der Waals surface area contributed by atoms with Crippen molar-refractivity contribution in [1.82, 2.24) is 24.5 Å². The van der Waals surface area contributed by atoms with Crippen molar-refractivity contribution in [2.24, 2.45) is 0 Å². The van der Waals surface area contributed by atoms with Crippen LogP contribution in [-0.4, -0.2) is 43.5 Å². The lowest BCUT2D eigenvalue weighted by Crippen LogP contribution is -2.38. The number of piperidine rings is 1. The molecule has 1 aliphatic heterocycles. The van der Waals surface area contributed by atoms with Gasteiger partial charge in [-0.25, -0.2) is 4.98 Å². The fourth-order valence-electron chi connectivity index (χ4n) is 3.31. The van der Waals surface area contributed by atoms with E-state index in [1.807, 2.05) is 27.8 Å². The molecule has 0 bridgehead atoms. The maximum absolute atomic E-state index is 12.9. The Morgan fingerprint density at radius 3 is 2.91 bits per heavy atom. The Morgan fingerprint density at radius 2 is 2.22 bits per heavy atom. The number of nitrogens with two attached hydrogens (primary N) is 1. The van der Waals surface area contributed by atoms with Gasteiger partial charge in [0, 0.05) is 30.6 Å². The molecule has 0 radical (unpaired) electrons. The number of aromatic amines is 1. The first-order valence-electron chi connectivity index (χ1n) is 7.65. The highest BCUT2D eigenvalue weighted by Crippen LogP contribution is 2.30. The van der Waals surface area contributed by atoms with E-state index in [4.69, 9.17) is 5.73 Å². The standard InChI is InChI=1S/C15H18N6OS/c1-9-13(21-6-7-23-15(21)18-9)14(22)20-4-2-10(3-5-20)12-11(16)8-17-19-12/h6-8,10H,2-5,16H2,1H3,(H,17,19). The van der Waals surface area contributed by atoms with E-state index < -0.39 is 0 Å². The van der Waals surface area contributed by atoms with Gasteiger partial charge in [0.05, 0.1) is 23.3 Å². The first-order valence-corrected chi connectivity index (χ1v) is 8.53. The quantitative estimate of drug-likeness (QED) is 0.752. The summed E-state index contributed by atoms with van der Waals surface area (Å²) in [5.74, 6) is 0.402. The molecule has 7 nitrogen and oxygen atoms in total. The summed E-state index contributed by atoms with van der Waals surface area (Å²) in [5, 5.41) is 8.93. The van der Waals surface area contributed by atoms with Crippen LogP contribution in [0, 0.1) is 6.92 Å². The predicted octanol–water partition coefficient (Wildman–Crippen LogP) is 2.03. The first kappa shape index (κ1) is 14.3. The molecule has 1 saturated heterocycles. The van der Waals surface area contributed by atoms with Crippen LogP contribution in [0.25, 0.3) is 4.96 Å². The molecule has 0 saturated carbocycles. The number of amides is 1. The predicted molar refractivity (Wildman–Crippen MR) is 88.7 cm³/mol. The summed E-state index contributed by atoms with van der Waals surface area (Å²) in [6.45, 7) is 3.34. The summed E-state index contributed by atoms with van der Waals surface area (Å²) in [5.41, 5.74) is 9.11.